The number of ether oxygens (including phenoxy) is 2. The molecule has 1 aliphatic rings. The first-order valence-electron chi connectivity index (χ1n) is 10.1. The molecule has 7 nitrogen and oxygen atoms in total. The van der Waals surface area contributed by atoms with Gasteiger partial charge >= 0.3 is 0 Å². The number of thioether (sulfide) groups is 1. The molecule has 0 aliphatic carbocycles. The van der Waals surface area contributed by atoms with E-state index in [-0.39, 0.29) is 17.2 Å². The van der Waals surface area contributed by atoms with Gasteiger partial charge in [-0.3, -0.25) is 9.59 Å². The first-order chi connectivity index (χ1) is 14.8. The van der Waals surface area contributed by atoms with E-state index in [1.54, 1.807) is 0 Å². The van der Waals surface area contributed by atoms with Crippen molar-refractivity contribution in [1.82, 2.24) is 10.3 Å². The maximum absolute atomic E-state index is 11.9. The van der Waals surface area contributed by atoms with Gasteiger partial charge in [-0.05, 0) is 43.2 Å². The maximum Gasteiger partial charge on any atom is 0.241 e. The minimum absolute atomic E-state index is 0.193. The second-order valence-electron chi connectivity index (χ2n) is 7.31. The molecular weight excluding hydrogens is 414 g/mol. The monoisotopic (exact) mass is 441 g/mol. The molecule has 1 atom stereocenters. The van der Waals surface area contributed by atoms with Crippen LogP contribution in [0, 0.1) is 13.8 Å². The summed E-state index contributed by atoms with van der Waals surface area (Å²) in [4.78, 5) is 23.2. The molecule has 0 unspecified atom stereocenters. The highest BCUT2D eigenvalue weighted by atomic mass is 32.2. The van der Waals surface area contributed by atoms with Gasteiger partial charge in [0.15, 0.2) is 5.17 Å². The third-order valence-electron chi connectivity index (χ3n) is 4.56. The molecule has 2 amide bonds. The number of carbonyl (C=O) groups excluding carboxylic acids is 2. The summed E-state index contributed by atoms with van der Waals surface area (Å²) in [5, 5.41) is 8.30. The Labute approximate surface area is 186 Å². The molecule has 0 spiro atoms. The van der Waals surface area contributed by atoms with Crippen molar-refractivity contribution in [2.75, 3.05) is 13.2 Å². The third kappa shape index (κ3) is 6.24. The van der Waals surface area contributed by atoms with Gasteiger partial charge in [-0.2, -0.15) is 0 Å². The van der Waals surface area contributed by atoms with Crippen molar-refractivity contribution in [3.05, 3.63) is 59.2 Å². The van der Waals surface area contributed by atoms with Crippen LogP contribution in [0.25, 0.3) is 0 Å². The quantitative estimate of drug-likeness (QED) is 0.653. The molecule has 0 fully saturated rings. The van der Waals surface area contributed by atoms with Crippen molar-refractivity contribution in [2.45, 2.75) is 39.5 Å². The van der Waals surface area contributed by atoms with Gasteiger partial charge in [0.25, 0.3) is 0 Å². The fraction of sp³-hybridized carbons (Fsp3) is 0.348. The van der Waals surface area contributed by atoms with E-state index in [0.717, 1.165) is 29.0 Å². The van der Waals surface area contributed by atoms with Crippen molar-refractivity contribution in [2.24, 2.45) is 5.10 Å². The Hall–Kier alpha value is -3.00. The molecule has 0 saturated heterocycles. The van der Waals surface area contributed by atoms with Crippen molar-refractivity contribution >= 4 is 28.7 Å². The molecule has 0 bridgehead atoms. The molecule has 1 N–H and O–H groups in total. The number of aryl methyl sites for hydroxylation is 2. The van der Waals surface area contributed by atoms with Gasteiger partial charge < -0.3 is 14.8 Å². The van der Waals surface area contributed by atoms with Crippen LogP contribution in [0.1, 0.15) is 42.3 Å². The first kappa shape index (κ1) is 22.7. The summed E-state index contributed by atoms with van der Waals surface area (Å²) in [6, 6.07) is 13.7. The number of carbonyl (C=O) groups is 2. The summed E-state index contributed by atoms with van der Waals surface area (Å²) in [6.45, 7) is 8.09. The molecule has 2 aromatic carbocycles. The fourth-order valence-corrected chi connectivity index (χ4v) is 4.24. The summed E-state index contributed by atoms with van der Waals surface area (Å²) in [5.41, 5.74) is 3.25. The minimum Gasteiger partial charge on any atom is -0.493 e. The molecule has 0 aromatic heterocycles. The summed E-state index contributed by atoms with van der Waals surface area (Å²) in [5.74, 6) is 1.23. The maximum atomic E-state index is 11.9. The first-order valence-corrected chi connectivity index (χ1v) is 11.0. The van der Waals surface area contributed by atoms with Crippen molar-refractivity contribution < 1.29 is 19.1 Å². The van der Waals surface area contributed by atoms with Crippen LogP contribution >= 0.6 is 11.8 Å². The number of hydrogen-bond acceptors (Lipinski definition) is 6. The van der Waals surface area contributed by atoms with Gasteiger partial charge in [-0.25, -0.2) is 5.01 Å². The molecule has 0 saturated carbocycles. The zero-order chi connectivity index (χ0) is 22.4. The standard InChI is InChI=1S/C23H27N3O4S/c1-15-6-11-21(16(2)14-15)30-13-5-12-29-20-9-7-19(8-10-20)22-26(18(4)28)25-23(31-22)24-17(3)27/h6-11,14,22H,5,12-13H2,1-4H3,(H,24,25,27)/t22-/m0/s1. The Morgan fingerprint density at radius 3 is 2.42 bits per heavy atom. The van der Waals surface area contributed by atoms with E-state index in [0.29, 0.717) is 18.4 Å². The Morgan fingerprint density at radius 1 is 1.06 bits per heavy atom. The van der Waals surface area contributed by atoms with Crippen LogP contribution in [0.5, 0.6) is 11.5 Å². The predicted molar refractivity (Wildman–Crippen MR) is 122 cm³/mol. The van der Waals surface area contributed by atoms with Gasteiger partial charge in [0, 0.05) is 20.3 Å². The van der Waals surface area contributed by atoms with Crippen molar-refractivity contribution in [1.29, 1.82) is 0 Å². The van der Waals surface area contributed by atoms with Crippen LogP contribution < -0.4 is 14.8 Å². The Kier molecular flexibility index (Phi) is 7.57. The zero-order valence-electron chi connectivity index (χ0n) is 18.2. The zero-order valence-corrected chi connectivity index (χ0v) is 19.0. The minimum atomic E-state index is -0.320. The average Bonchev–Trinajstić information content (AvgIpc) is 3.13. The lowest BCUT2D eigenvalue weighted by Gasteiger charge is -2.19. The van der Waals surface area contributed by atoms with Gasteiger partial charge in [0.1, 0.15) is 16.9 Å². The number of amidine groups is 1. The lowest BCUT2D eigenvalue weighted by atomic mass is 10.1. The van der Waals surface area contributed by atoms with E-state index in [1.807, 2.05) is 43.3 Å². The normalized spacial score (nSPS) is 15.4. The molecule has 2 aromatic rings. The second kappa shape index (κ2) is 10.3. The van der Waals surface area contributed by atoms with E-state index in [1.165, 1.54) is 36.2 Å². The molecule has 164 valence electrons. The van der Waals surface area contributed by atoms with E-state index in [9.17, 15) is 9.59 Å². The van der Waals surface area contributed by atoms with Crippen LogP contribution in [0.4, 0.5) is 0 Å². The Balaban J connectivity index is 1.48. The number of hydrazone groups is 1. The smallest absolute Gasteiger partial charge is 0.241 e. The summed E-state index contributed by atoms with van der Waals surface area (Å²) >= 11 is 1.32. The van der Waals surface area contributed by atoms with E-state index >= 15 is 0 Å². The number of nitrogens with zero attached hydrogens (tertiary/aromatic N) is 2. The van der Waals surface area contributed by atoms with Gasteiger partial charge in [-0.1, -0.05) is 41.6 Å². The highest BCUT2D eigenvalue weighted by Crippen LogP contribution is 2.39. The van der Waals surface area contributed by atoms with Crippen LogP contribution in [-0.4, -0.2) is 35.2 Å². The molecule has 31 heavy (non-hydrogen) atoms. The Bertz CT molecular complexity index is 975. The number of amides is 2. The number of benzene rings is 2. The Morgan fingerprint density at radius 2 is 1.77 bits per heavy atom. The van der Waals surface area contributed by atoms with E-state index in [2.05, 4.69) is 23.4 Å². The fourth-order valence-electron chi connectivity index (χ4n) is 3.10. The van der Waals surface area contributed by atoms with Crippen molar-refractivity contribution in [3.8, 4) is 11.5 Å². The molecule has 1 heterocycles. The van der Waals surface area contributed by atoms with E-state index in [4.69, 9.17) is 9.47 Å². The summed E-state index contributed by atoms with van der Waals surface area (Å²) < 4.78 is 11.6. The number of rotatable bonds is 7. The molecule has 3 rings (SSSR count). The van der Waals surface area contributed by atoms with Gasteiger partial charge in [-0.15, -0.1) is 5.10 Å². The lowest BCUT2D eigenvalue weighted by molar-refractivity contribution is -0.129. The molecule has 1 aliphatic heterocycles. The highest BCUT2D eigenvalue weighted by molar-refractivity contribution is 8.14. The van der Waals surface area contributed by atoms with Crippen LogP contribution in [-0.2, 0) is 9.59 Å². The third-order valence-corrected chi connectivity index (χ3v) is 5.66. The highest BCUT2D eigenvalue weighted by Gasteiger charge is 2.32. The SMILES string of the molecule is CC(=O)NC1=NN(C(C)=O)[C@H](c2ccc(OCCCOc3ccc(C)cc3C)cc2)S1. The van der Waals surface area contributed by atoms with Crippen LogP contribution in [0.2, 0.25) is 0 Å². The number of hydrogen-bond donors (Lipinski definition) is 1. The van der Waals surface area contributed by atoms with Crippen LogP contribution in [0.3, 0.4) is 0 Å². The average molecular weight is 442 g/mol. The van der Waals surface area contributed by atoms with Gasteiger partial charge in [0.2, 0.25) is 11.8 Å². The molecule has 8 heteroatoms. The second-order valence-corrected chi connectivity index (χ2v) is 8.38. The summed E-state index contributed by atoms with van der Waals surface area (Å²) in [7, 11) is 0. The number of nitrogens with one attached hydrogen (secondary N) is 1. The van der Waals surface area contributed by atoms with E-state index < -0.39 is 0 Å². The van der Waals surface area contributed by atoms with Crippen LogP contribution in [0.15, 0.2) is 47.6 Å². The van der Waals surface area contributed by atoms with Crippen molar-refractivity contribution in [3.63, 3.8) is 0 Å². The largest absolute Gasteiger partial charge is 0.493 e. The molecule has 0 radical (unpaired) electrons. The lowest BCUT2D eigenvalue weighted by Crippen LogP contribution is -2.25. The summed E-state index contributed by atoms with van der Waals surface area (Å²) in [6.07, 6.45) is 0.763. The topological polar surface area (TPSA) is 80.2 Å². The van der Waals surface area contributed by atoms with Gasteiger partial charge in [0.05, 0.1) is 13.2 Å². The predicted octanol–water partition coefficient (Wildman–Crippen LogP) is 4.15. The molecular formula is C23H27N3O4S.